The molecule has 19 heavy (non-hydrogen) atoms. The minimum atomic E-state index is 0.449. The zero-order chi connectivity index (χ0) is 13.5. The van der Waals surface area contributed by atoms with E-state index < -0.39 is 0 Å². The molecule has 1 atom stereocenters. The molecule has 0 amide bonds. The third-order valence-electron chi connectivity index (χ3n) is 3.45. The number of likely N-dealkylation sites (N-methyl/N-ethyl adjacent to an activating group) is 1. The van der Waals surface area contributed by atoms with Gasteiger partial charge in [0.05, 0.1) is 19.1 Å². The molecule has 0 spiro atoms. The molecule has 102 valence electrons. The Hall–Kier alpha value is -1.57. The molecule has 1 fully saturated rings. The van der Waals surface area contributed by atoms with Gasteiger partial charge in [-0.3, -0.25) is 4.90 Å². The Kier molecular flexibility index (Phi) is 5.20. The van der Waals surface area contributed by atoms with Crippen LogP contribution in [0.3, 0.4) is 0 Å². The van der Waals surface area contributed by atoms with Crippen LogP contribution in [-0.4, -0.2) is 44.4 Å². The van der Waals surface area contributed by atoms with Gasteiger partial charge in [-0.25, -0.2) is 0 Å². The highest BCUT2D eigenvalue weighted by atomic mass is 16.5. The first-order chi connectivity index (χ1) is 9.29. The van der Waals surface area contributed by atoms with Crippen molar-refractivity contribution in [3.05, 3.63) is 29.8 Å². The quantitative estimate of drug-likeness (QED) is 0.783. The molecule has 1 aliphatic rings. The average molecular weight is 260 g/mol. The van der Waals surface area contributed by atoms with Crippen molar-refractivity contribution in [3.63, 3.8) is 0 Å². The number of nitriles is 1. The van der Waals surface area contributed by atoms with E-state index in [1.807, 2.05) is 24.3 Å². The van der Waals surface area contributed by atoms with E-state index in [2.05, 4.69) is 18.0 Å². The zero-order valence-corrected chi connectivity index (χ0v) is 11.3. The van der Waals surface area contributed by atoms with E-state index in [0.29, 0.717) is 19.1 Å². The highest BCUT2D eigenvalue weighted by molar-refractivity contribution is 5.28. The van der Waals surface area contributed by atoms with E-state index in [-0.39, 0.29) is 0 Å². The molecule has 1 aliphatic heterocycles. The van der Waals surface area contributed by atoms with Gasteiger partial charge >= 0.3 is 0 Å². The minimum Gasteiger partial charge on any atom is -0.492 e. The van der Waals surface area contributed by atoms with E-state index >= 15 is 0 Å². The molecular weight excluding hydrogens is 240 g/mol. The summed E-state index contributed by atoms with van der Waals surface area (Å²) in [5, 5.41) is 8.60. The third kappa shape index (κ3) is 4.23. The number of nitrogens with zero attached hydrogens (tertiary/aromatic N) is 2. The summed E-state index contributed by atoms with van der Waals surface area (Å²) in [6.45, 7) is 3.27. The minimum absolute atomic E-state index is 0.449. The van der Waals surface area contributed by atoms with Gasteiger partial charge in [0.2, 0.25) is 0 Å². The van der Waals surface area contributed by atoms with Gasteiger partial charge in [0.1, 0.15) is 12.4 Å². The van der Waals surface area contributed by atoms with E-state index in [0.717, 1.165) is 37.5 Å². The number of rotatable bonds is 6. The first-order valence-electron chi connectivity index (χ1n) is 6.66. The molecule has 2 rings (SSSR count). The van der Waals surface area contributed by atoms with Crippen molar-refractivity contribution in [2.75, 3.05) is 33.4 Å². The lowest BCUT2D eigenvalue weighted by molar-refractivity contribution is 0.147. The number of ether oxygens (including phenoxy) is 2. The normalized spacial score (nSPS) is 18.5. The maximum atomic E-state index is 8.60. The summed E-state index contributed by atoms with van der Waals surface area (Å²) >= 11 is 0. The second-order valence-electron chi connectivity index (χ2n) is 4.83. The second kappa shape index (κ2) is 7.13. The van der Waals surface area contributed by atoms with Crippen molar-refractivity contribution >= 4 is 0 Å². The predicted molar refractivity (Wildman–Crippen MR) is 73.1 cm³/mol. The van der Waals surface area contributed by atoms with E-state index in [1.54, 1.807) is 0 Å². The van der Waals surface area contributed by atoms with Crippen molar-refractivity contribution in [2.45, 2.75) is 18.9 Å². The van der Waals surface area contributed by atoms with E-state index in [9.17, 15) is 0 Å². The molecule has 0 bridgehead atoms. The first kappa shape index (κ1) is 13.9. The van der Waals surface area contributed by atoms with Crippen molar-refractivity contribution in [3.8, 4) is 11.8 Å². The SMILES string of the molecule is CN(CCOc1ccc(CC#N)cc1)C1CCOC1. The number of hydrogen-bond acceptors (Lipinski definition) is 4. The van der Waals surface area contributed by atoms with Crippen LogP contribution in [0, 0.1) is 11.3 Å². The maximum Gasteiger partial charge on any atom is 0.119 e. The Morgan fingerprint density at radius 3 is 2.84 bits per heavy atom. The Morgan fingerprint density at radius 1 is 1.42 bits per heavy atom. The van der Waals surface area contributed by atoms with E-state index in [1.165, 1.54) is 0 Å². The highest BCUT2D eigenvalue weighted by Crippen LogP contribution is 2.13. The van der Waals surface area contributed by atoms with Crippen molar-refractivity contribution in [1.82, 2.24) is 4.90 Å². The average Bonchev–Trinajstić information content (AvgIpc) is 2.95. The van der Waals surface area contributed by atoms with E-state index in [4.69, 9.17) is 14.7 Å². The summed E-state index contributed by atoms with van der Waals surface area (Å²) in [6, 6.07) is 10.4. The van der Waals surface area contributed by atoms with Gasteiger partial charge in [-0.05, 0) is 31.2 Å². The van der Waals surface area contributed by atoms with Gasteiger partial charge < -0.3 is 9.47 Å². The molecule has 4 nitrogen and oxygen atoms in total. The van der Waals surface area contributed by atoms with Crippen LogP contribution in [0.5, 0.6) is 5.75 Å². The molecule has 1 aromatic rings. The van der Waals surface area contributed by atoms with Crippen LogP contribution in [0.1, 0.15) is 12.0 Å². The fourth-order valence-corrected chi connectivity index (χ4v) is 2.15. The molecule has 1 saturated heterocycles. The van der Waals surface area contributed by atoms with Crippen LogP contribution < -0.4 is 4.74 Å². The highest BCUT2D eigenvalue weighted by Gasteiger charge is 2.19. The first-order valence-corrected chi connectivity index (χ1v) is 6.66. The smallest absolute Gasteiger partial charge is 0.119 e. The van der Waals surface area contributed by atoms with Gasteiger partial charge in [-0.1, -0.05) is 12.1 Å². The zero-order valence-electron chi connectivity index (χ0n) is 11.3. The summed E-state index contributed by atoms with van der Waals surface area (Å²) in [7, 11) is 2.11. The van der Waals surface area contributed by atoms with Crippen molar-refractivity contribution < 1.29 is 9.47 Å². The third-order valence-corrected chi connectivity index (χ3v) is 3.45. The largest absolute Gasteiger partial charge is 0.492 e. The summed E-state index contributed by atoms with van der Waals surface area (Å²) in [4.78, 5) is 2.29. The van der Waals surface area contributed by atoms with Gasteiger partial charge in [0.25, 0.3) is 0 Å². The molecule has 0 N–H and O–H groups in total. The van der Waals surface area contributed by atoms with Gasteiger partial charge in [-0.15, -0.1) is 0 Å². The molecule has 0 aliphatic carbocycles. The van der Waals surface area contributed by atoms with Gasteiger partial charge in [0.15, 0.2) is 0 Å². The Morgan fingerprint density at radius 2 is 2.21 bits per heavy atom. The fourth-order valence-electron chi connectivity index (χ4n) is 2.15. The topological polar surface area (TPSA) is 45.5 Å². The Labute approximate surface area is 114 Å². The summed E-state index contributed by atoms with van der Waals surface area (Å²) in [6.07, 6.45) is 1.56. The lowest BCUT2D eigenvalue weighted by atomic mass is 10.2. The van der Waals surface area contributed by atoms with Gasteiger partial charge in [0, 0.05) is 19.2 Å². The van der Waals surface area contributed by atoms with Crippen LogP contribution in [0.4, 0.5) is 0 Å². The summed E-state index contributed by atoms with van der Waals surface area (Å²) in [5.41, 5.74) is 1.02. The predicted octanol–water partition coefficient (Wildman–Crippen LogP) is 1.85. The Bertz CT molecular complexity index is 419. The fraction of sp³-hybridized carbons (Fsp3) is 0.533. The monoisotopic (exact) mass is 260 g/mol. The van der Waals surface area contributed by atoms with Crippen molar-refractivity contribution in [2.24, 2.45) is 0 Å². The van der Waals surface area contributed by atoms with Crippen LogP contribution in [0.25, 0.3) is 0 Å². The van der Waals surface area contributed by atoms with Crippen LogP contribution >= 0.6 is 0 Å². The van der Waals surface area contributed by atoms with Crippen LogP contribution in [0.15, 0.2) is 24.3 Å². The molecule has 1 unspecified atom stereocenters. The van der Waals surface area contributed by atoms with Gasteiger partial charge in [-0.2, -0.15) is 5.26 Å². The molecule has 0 aromatic heterocycles. The molecule has 0 radical (unpaired) electrons. The molecule has 1 heterocycles. The summed E-state index contributed by atoms with van der Waals surface area (Å²) < 4.78 is 11.1. The summed E-state index contributed by atoms with van der Waals surface area (Å²) in [5.74, 6) is 0.859. The lowest BCUT2D eigenvalue weighted by Crippen LogP contribution is -2.35. The van der Waals surface area contributed by atoms with Crippen LogP contribution in [0.2, 0.25) is 0 Å². The Balaban J connectivity index is 1.71. The standard InChI is InChI=1S/C15H20N2O2/c1-17(14-7-10-18-12-14)9-11-19-15-4-2-13(3-5-15)6-8-16/h2-5,14H,6-7,9-12H2,1H3. The lowest BCUT2D eigenvalue weighted by Gasteiger charge is -2.22. The molecule has 0 saturated carbocycles. The van der Waals surface area contributed by atoms with Crippen LogP contribution in [-0.2, 0) is 11.2 Å². The second-order valence-corrected chi connectivity index (χ2v) is 4.83. The van der Waals surface area contributed by atoms with Crippen molar-refractivity contribution in [1.29, 1.82) is 5.26 Å². The molecular formula is C15H20N2O2. The molecule has 4 heteroatoms. The number of benzene rings is 1. The molecule has 1 aromatic carbocycles. The maximum absolute atomic E-state index is 8.60. The number of hydrogen-bond donors (Lipinski definition) is 0.